The van der Waals surface area contributed by atoms with Gasteiger partial charge in [0.15, 0.2) is 0 Å². The summed E-state index contributed by atoms with van der Waals surface area (Å²) in [5.74, 6) is -0.703. The van der Waals surface area contributed by atoms with E-state index in [1.807, 2.05) is 18.2 Å². The molecule has 4 nitrogen and oxygen atoms in total. The number of carbonyl (C=O) groups is 2. The summed E-state index contributed by atoms with van der Waals surface area (Å²) in [5.41, 5.74) is 0.695. The molecule has 0 aliphatic heterocycles. The first-order valence-corrected chi connectivity index (χ1v) is 9.15. The number of ether oxygens (including phenoxy) is 1. The number of amides is 1. The molecule has 1 amide bonds. The largest absolute Gasteiger partial charge is 0.447 e. The van der Waals surface area contributed by atoms with E-state index in [4.69, 9.17) is 4.74 Å². The lowest BCUT2D eigenvalue weighted by molar-refractivity contribution is -0.154. The lowest BCUT2D eigenvalue weighted by Crippen LogP contribution is -2.32. The zero-order chi connectivity index (χ0) is 17.6. The van der Waals surface area contributed by atoms with Crippen LogP contribution in [0.2, 0.25) is 0 Å². The van der Waals surface area contributed by atoms with Crippen molar-refractivity contribution in [3.8, 4) is 0 Å². The van der Waals surface area contributed by atoms with Gasteiger partial charge in [0.25, 0.3) is 5.91 Å². The fraction of sp³-hybridized carbons (Fsp3) is 0.600. The van der Waals surface area contributed by atoms with E-state index in [1.165, 1.54) is 45.4 Å². The van der Waals surface area contributed by atoms with Crippen molar-refractivity contribution in [3.63, 3.8) is 0 Å². The fourth-order valence-corrected chi connectivity index (χ4v) is 2.63. The van der Waals surface area contributed by atoms with Crippen LogP contribution in [-0.2, 0) is 14.3 Å². The van der Waals surface area contributed by atoms with Gasteiger partial charge in [-0.25, -0.2) is 0 Å². The third-order valence-electron chi connectivity index (χ3n) is 3.95. The van der Waals surface area contributed by atoms with Gasteiger partial charge >= 0.3 is 5.97 Å². The van der Waals surface area contributed by atoms with Crippen LogP contribution < -0.4 is 5.32 Å². The molecule has 0 bridgehead atoms. The van der Waals surface area contributed by atoms with Gasteiger partial charge in [-0.05, 0) is 6.42 Å². The number of unbranched alkanes of at least 4 members (excludes halogenated alkanes) is 7. The van der Waals surface area contributed by atoms with Crippen molar-refractivity contribution in [1.29, 1.82) is 0 Å². The first-order valence-electron chi connectivity index (χ1n) is 9.15. The highest BCUT2D eigenvalue weighted by molar-refractivity contribution is 5.84. The number of hydrogen-bond acceptors (Lipinski definition) is 3. The van der Waals surface area contributed by atoms with Crippen molar-refractivity contribution in [2.24, 2.45) is 0 Å². The molecule has 4 heteroatoms. The predicted octanol–water partition coefficient (Wildman–Crippen LogP) is 4.55. The van der Waals surface area contributed by atoms with Crippen molar-refractivity contribution in [1.82, 2.24) is 5.32 Å². The molecule has 0 aliphatic carbocycles. The number of nitrogens with one attached hydrogen (secondary N) is 1. The second-order valence-electron chi connectivity index (χ2n) is 6.17. The Morgan fingerprint density at radius 3 is 2.12 bits per heavy atom. The van der Waals surface area contributed by atoms with Crippen LogP contribution in [0.4, 0.5) is 0 Å². The summed E-state index contributed by atoms with van der Waals surface area (Å²) in [4.78, 5) is 23.6. The SMILES string of the molecule is CCCCCCCCCCNC(=O)[C@H](OC(C)=O)c1ccccc1. The van der Waals surface area contributed by atoms with Gasteiger partial charge in [-0.1, -0.05) is 82.2 Å². The molecule has 0 saturated carbocycles. The van der Waals surface area contributed by atoms with Crippen LogP contribution in [-0.4, -0.2) is 18.4 Å². The van der Waals surface area contributed by atoms with Gasteiger partial charge < -0.3 is 10.1 Å². The Kier molecular flexibility index (Phi) is 10.6. The maximum Gasteiger partial charge on any atom is 0.303 e. The van der Waals surface area contributed by atoms with Gasteiger partial charge in [-0.2, -0.15) is 0 Å². The van der Waals surface area contributed by atoms with Gasteiger partial charge in [0, 0.05) is 19.0 Å². The van der Waals surface area contributed by atoms with E-state index in [-0.39, 0.29) is 5.91 Å². The monoisotopic (exact) mass is 333 g/mol. The molecular formula is C20H31NO3. The summed E-state index contributed by atoms with van der Waals surface area (Å²) < 4.78 is 5.18. The lowest BCUT2D eigenvalue weighted by atomic mass is 10.1. The fourth-order valence-electron chi connectivity index (χ4n) is 2.63. The van der Waals surface area contributed by atoms with Crippen LogP contribution in [0.3, 0.4) is 0 Å². The average molecular weight is 333 g/mol. The Labute approximate surface area is 146 Å². The van der Waals surface area contributed by atoms with Crippen LogP contribution >= 0.6 is 0 Å². The molecule has 0 aromatic heterocycles. The van der Waals surface area contributed by atoms with Gasteiger partial charge in [0.1, 0.15) is 0 Å². The highest BCUT2D eigenvalue weighted by atomic mass is 16.5. The van der Waals surface area contributed by atoms with Crippen molar-refractivity contribution in [2.75, 3.05) is 6.54 Å². The maximum atomic E-state index is 12.3. The standard InChI is InChI=1S/C20H31NO3/c1-3-4-5-6-7-8-9-13-16-21-20(23)19(24-17(2)22)18-14-11-10-12-15-18/h10-12,14-15,19H,3-9,13,16H2,1-2H3,(H,21,23)/t19-/m1/s1. The highest BCUT2D eigenvalue weighted by Crippen LogP contribution is 2.17. The number of rotatable bonds is 12. The maximum absolute atomic E-state index is 12.3. The first-order chi connectivity index (χ1) is 11.6. The number of carbonyl (C=O) groups excluding carboxylic acids is 2. The molecule has 0 saturated heterocycles. The van der Waals surface area contributed by atoms with E-state index in [9.17, 15) is 9.59 Å². The molecule has 1 atom stereocenters. The van der Waals surface area contributed by atoms with Gasteiger partial charge in [-0.15, -0.1) is 0 Å². The smallest absolute Gasteiger partial charge is 0.303 e. The van der Waals surface area contributed by atoms with Crippen LogP contribution in [0.25, 0.3) is 0 Å². The Bertz CT molecular complexity index is 473. The highest BCUT2D eigenvalue weighted by Gasteiger charge is 2.22. The average Bonchev–Trinajstić information content (AvgIpc) is 2.58. The molecule has 0 heterocycles. The Hall–Kier alpha value is -1.84. The summed E-state index contributed by atoms with van der Waals surface area (Å²) in [7, 11) is 0. The van der Waals surface area contributed by atoms with E-state index in [1.54, 1.807) is 12.1 Å². The molecule has 1 aromatic carbocycles. The Balaban J connectivity index is 2.27. The van der Waals surface area contributed by atoms with Gasteiger partial charge in [0.2, 0.25) is 6.10 Å². The minimum Gasteiger partial charge on any atom is -0.447 e. The molecule has 1 rings (SSSR count). The zero-order valence-electron chi connectivity index (χ0n) is 15.1. The molecule has 0 radical (unpaired) electrons. The Morgan fingerprint density at radius 1 is 0.958 bits per heavy atom. The summed E-state index contributed by atoms with van der Waals surface area (Å²) in [6, 6.07) is 9.12. The molecule has 1 aromatic rings. The van der Waals surface area contributed by atoms with Crippen LogP contribution in [0.1, 0.15) is 76.9 Å². The summed E-state index contributed by atoms with van der Waals surface area (Å²) in [6.07, 6.45) is 8.94. The lowest BCUT2D eigenvalue weighted by Gasteiger charge is -2.17. The first kappa shape index (κ1) is 20.2. The molecule has 0 unspecified atom stereocenters. The predicted molar refractivity (Wildman–Crippen MR) is 96.6 cm³/mol. The molecule has 24 heavy (non-hydrogen) atoms. The van der Waals surface area contributed by atoms with Crippen molar-refractivity contribution >= 4 is 11.9 Å². The number of hydrogen-bond donors (Lipinski definition) is 1. The second-order valence-corrected chi connectivity index (χ2v) is 6.17. The zero-order valence-corrected chi connectivity index (χ0v) is 15.1. The van der Waals surface area contributed by atoms with Crippen LogP contribution in [0.15, 0.2) is 30.3 Å². The molecule has 0 spiro atoms. The van der Waals surface area contributed by atoms with Crippen LogP contribution in [0, 0.1) is 0 Å². The normalized spacial score (nSPS) is 11.8. The van der Waals surface area contributed by atoms with E-state index < -0.39 is 12.1 Å². The number of benzene rings is 1. The summed E-state index contributed by atoms with van der Waals surface area (Å²) >= 11 is 0. The summed E-state index contributed by atoms with van der Waals surface area (Å²) in [6.45, 7) is 4.17. The second kappa shape index (κ2) is 12.6. The third kappa shape index (κ3) is 8.70. The van der Waals surface area contributed by atoms with E-state index in [0.717, 1.165) is 12.8 Å². The van der Waals surface area contributed by atoms with E-state index >= 15 is 0 Å². The minimum atomic E-state index is -0.863. The van der Waals surface area contributed by atoms with E-state index in [0.29, 0.717) is 12.1 Å². The Morgan fingerprint density at radius 2 is 1.54 bits per heavy atom. The third-order valence-corrected chi connectivity index (χ3v) is 3.95. The minimum absolute atomic E-state index is 0.251. The molecule has 1 N–H and O–H groups in total. The van der Waals surface area contributed by atoms with Crippen LogP contribution in [0.5, 0.6) is 0 Å². The quantitative estimate of drug-likeness (QED) is 0.451. The van der Waals surface area contributed by atoms with Gasteiger partial charge in [0.05, 0.1) is 0 Å². The molecular weight excluding hydrogens is 302 g/mol. The molecule has 134 valence electrons. The topological polar surface area (TPSA) is 55.4 Å². The van der Waals surface area contributed by atoms with Crippen molar-refractivity contribution < 1.29 is 14.3 Å². The van der Waals surface area contributed by atoms with Crippen molar-refractivity contribution in [3.05, 3.63) is 35.9 Å². The number of esters is 1. The summed E-state index contributed by atoms with van der Waals surface area (Å²) in [5, 5.41) is 2.88. The van der Waals surface area contributed by atoms with Gasteiger partial charge in [-0.3, -0.25) is 9.59 Å². The molecule has 0 aliphatic rings. The molecule has 0 fully saturated rings. The van der Waals surface area contributed by atoms with E-state index in [2.05, 4.69) is 12.2 Å². The van der Waals surface area contributed by atoms with Crippen molar-refractivity contribution in [2.45, 2.75) is 71.3 Å².